The van der Waals surface area contributed by atoms with Crippen LogP contribution in [0.15, 0.2) is 6.07 Å². The zero-order valence-corrected chi connectivity index (χ0v) is 12.5. The molecule has 0 aromatic carbocycles. The van der Waals surface area contributed by atoms with Gasteiger partial charge in [0.25, 0.3) is 0 Å². The molecular weight excluding hydrogens is 240 g/mol. The van der Waals surface area contributed by atoms with Crippen LogP contribution in [-0.2, 0) is 6.54 Å². The van der Waals surface area contributed by atoms with Crippen molar-refractivity contribution in [2.24, 2.45) is 5.84 Å². The molecule has 1 aromatic rings. The second kappa shape index (κ2) is 8.04. The molecule has 0 aliphatic carbocycles. The Balaban J connectivity index is 2.57. The van der Waals surface area contributed by atoms with Crippen molar-refractivity contribution in [2.45, 2.75) is 26.8 Å². The fraction of sp³-hybridized carbons (Fsp3) is 0.692. The first-order valence-corrected chi connectivity index (χ1v) is 6.73. The normalized spacial score (nSPS) is 11.3. The van der Waals surface area contributed by atoms with Gasteiger partial charge in [0.2, 0.25) is 0 Å². The summed E-state index contributed by atoms with van der Waals surface area (Å²) in [5, 5.41) is 0. The molecule has 0 bridgehead atoms. The van der Waals surface area contributed by atoms with Gasteiger partial charge >= 0.3 is 0 Å². The maximum Gasteiger partial charge on any atom is 0.145 e. The molecule has 0 spiro atoms. The second-order valence-electron chi connectivity index (χ2n) is 4.98. The summed E-state index contributed by atoms with van der Waals surface area (Å²) < 4.78 is 0. The number of rotatable bonds is 8. The van der Waals surface area contributed by atoms with Crippen LogP contribution in [-0.4, -0.2) is 53.5 Å². The molecular formula is C13H26N6. The first-order chi connectivity index (χ1) is 9.05. The van der Waals surface area contributed by atoms with Gasteiger partial charge in [0, 0.05) is 11.8 Å². The molecule has 1 heterocycles. The minimum Gasteiger partial charge on any atom is -0.309 e. The molecule has 1 aromatic heterocycles. The van der Waals surface area contributed by atoms with E-state index in [0.717, 1.165) is 44.1 Å². The summed E-state index contributed by atoms with van der Waals surface area (Å²) in [7, 11) is 4.19. The van der Waals surface area contributed by atoms with Crippen LogP contribution in [0.5, 0.6) is 0 Å². The fourth-order valence-electron chi connectivity index (χ4n) is 1.93. The number of anilines is 1. The van der Waals surface area contributed by atoms with E-state index in [-0.39, 0.29) is 0 Å². The Morgan fingerprint density at radius 1 is 1.26 bits per heavy atom. The van der Waals surface area contributed by atoms with Crippen LogP contribution in [0, 0.1) is 6.92 Å². The van der Waals surface area contributed by atoms with Gasteiger partial charge in [0.05, 0.1) is 6.54 Å². The molecule has 0 atom stereocenters. The standard InChI is InChI=1S/C13H26N6/c1-5-19(8-6-7-18(3)4)10-13-15-11(2)9-12(16-13)17-14/h9H,5-8,10,14H2,1-4H3,(H,15,16,17). The van der Waals surface area contributed by atoms with E-state index >= 15 is 0 Å². The molecule has 3 N–H and O–H groups in total. The summed E-state index contributed by atoms with van der Waals surface area (Å²) in [5.74, 6) is 6.90. The number of aromatic nitrogens is 2. The Bertz CT molecular complexity index is 379. The highest BCUT2D eigenvalue weighted by atomic mass is 15.3. The lowest BCUT2D eigenvalue weighted by molar-refractivity contribution is 0.253. The van der Waals surface area contributed by atoms with Crippen molar-refractivity contribution in [3.63, 3.8) is 0 Å². The summed E-state index contributed by atoms with van der Waals surface area (Å²) in [6.45, 7) is 8.02. The van der Waals surface area contributed by atoms with Crippen LogP contribution in [0.1, 0.15) is 24.9 Å². The lowest BCUT2D eigenvalue weighted by Crippen LogP contribution is -2.28. The van der Waals surface area contributed by atoms with E-state index in [9.17, 15) is 0 Å². The Morgan fingerprint density at radius 2 is 2.00 bits per heavy atom. The van der Waals surface area contributed by atoms with Crippen LogP contribution in [0.2, 0.25) is 0 Å². The van der Waals surface area contributed by atoms with Crippen molar-refractivity contribution < 1.29 is 0 Å². The van der Waals surface area contributed by atoms with E-state index in [1.165, 1.54) is 0 Å². The van der Waals surface area contributed by atoms with Gasteiger partial charge in [-0.2, -0.15) is 0 Å². The number of nitrogens with two attached hydrogens (primary N) is 1. The van der Waals surface area contributed by atoms with Gasteiger partial charge < -0.3 is 10.3 Å². The first-order valence-electron chi connectivity index (χ1n) is 6.73. The topological polar surface area (TPSA) is 70.3 Å². The molecule has 0 amide bonds. The molecule has 0 aliphatic heterocycles. The number of aryl methyl sites for hydroxylation is 1. The highest BCUT2D eigenvalue weighted by Crippen LogP contribution is 2.07. The van der Waals surface area contributed by atoms with E-state index in [1.807, 2.05) is 13.0 Å². The third-order valence-corrected chi connectivity index (χ3v) is 2.94. The van der Waals surface area contributed by atoms with Crippen molar-refractivity contribution in [2.75, 3.05) is 39.2 Å². The Hall–Kier alpha value is -1.24. The number of hydrogen-bond acceptors (Lipinski definition) is 6. The third-order valence-electron chi connectivity index (χ3n) is 2.94. The zero-order chi connectivity index (χ0) is 14.3. The summed E-state index contributed by atoms with van der Waals surface area (Å²) in [5.41, 5.74) is 3.51. The van der Waals surface area contributed by atoms with E-state index in [0.29, 0.717) is 5.82 Å². The summed E-state index contributed by atoms with van der Waals surface area (Å²) in [6.07, 6.45) is 1.15. The Kier molecular flexibility index (Phi) is 6.69. The largest absolute Gasteiger partial charge is 0.309 e. The number of nitrogens with one attached hydrogen (secondary N) is 1. The molecule has 6 heteroatoms. The minimum absolute atomic E-state index is 0.673. The predicted octanol–water partition coefficient (Wildman–Crippen LogP) is 0.844. The van der Waals surface area contributed by atoms with Gasteiger partial charge in [-0.15, -0.1) is 0 Å². The van der Waals surface area contributed by atoms with Crippen LogP contribution in [0.3, 0.4) is 0 Å². The molecule has 108 valence electrons. The lowest BCUT2D eigenvalue weighted by Gasteiger charge is -2.20. The van der Waals surface area contributed by atoms with Gasteiger partial charge in [-0.3, -0.25) is 4.90 Å². The molecule has 1 rings (SSSR count). The van der Waals surface area contributed by atoms with E-state index < -0.39 is 0 Å². The smallest absolute Gasteiger partial charge is 0.145 e. The van der Waals surface area contributed by atoms with Crippen molar-refractivity contribution in [1.29, 1.82) is 0 Å². The number of nitrogens with zero attached hydrogens (tertiary/aromatic N) is 4. The maximum atomic E-state index is 5.41. The predicted molar refractivity (Wildman–Crippen MR) is 78.7 cm³/mol. The quantitative estimate of drug-likeness (QED) is 0.537. The van der Waals surface area contributed by atoms with Gasteiger partial charge in [-0.1, -0.05) is 6.92 Å². The van der Waals surface area contributed by atoms with Gasteiger partial charge in [-0.25, -0.2) is 15.8 Å². The number of nitrogen functional groups attached to an aromatic ring is 1. The van der Waals surface area contributed by atoms with E-state index in [2.05, 4.69) is 46.2 Å². The van der Waals surface area contributed by atoms with E-state index in [4.69, 9.17) is 5.84 Å². The average Bonchev–Trinajstić information content (AvgIpc) is 2.36. The van der Waals surface area contributed by atoms with Gasteiger partial charge in [-0.05, 0) is 47.1 Å². The summed E-state index contributed by atoms with van der Waals surface area (Å²) in [6, 6.07) is 1.84. The molecule has 0 radical (unpaired) electrons. The third kappa shape index (κ3) is 5.96. The number of hydrogen-bond donors (Lipinski definition) is 2. The summed E-state index contributed by atoms with van der Waals surface area (Å²) in [4.78, 5) is 13.4. The van der Waals surface area contributed by atoms with E-state index in [1.54, 1.807) is 0 Å². The maximum absolute atomic E-state index is 5.41. The van der Waals surface area contributed by atoms with Crippen LogP contribution in [0.25, 0.3) is 0 Å². The summed E-state index contributed by atoms with van der Waals surface area (Å²) >= 11 is 0. The Labute approximate surface area is 116 Å². The molecule has 0 aliphatic rings. The molecule has 0 saturated carbocycles. The minimum atomic E-state index is 0.673. The van der Waals surface area contributed by atoms with Crippen LogP contribution < -0.4 is 11.3 Å². The molecule has 19 heavy (non-hydrogen) atoms. The molecule has 0 fully saturated rings. The lowest BCUT2D eigenvalue weighted by atomic mass is 10.3. The van der Waals surface area contributed by atoms with Crippen molar-refractivity contribution in [3.8, 4) is 0 Å². The van der Waals surface area contributed by atoms with Crippen molar-refractivity contribution in [3.05, 3.63) is 17.6 Å². The Morgan fingerprint density at radius 3 is 2.58 bits per heavy atom. The number of hydrazine groups is 1. The monoisotopic (exact) mass is 266 g/mol. The zero-order valence-electron chi connectivity index (χ0n) is 12.5. The average molecular weight is 266 g/mol. The first kappa shape index (κ1) is 15.8. The van der Waals surface area contributed by atoms with Crippen LogP contribution >= 0.6 is 0 Å². The van der Waals surface area contributed by atoms with Crippen molar-refractivity contribution >= 4 is 5.82 Å². The molecule has 0 unspecified atom stereocenters. The van der Waals surface area contributed by atoms with Gasteiger partial charge in [0.15, 0.2) is 0 Å². The highest BCUT2D eigenvalue weighted by molar-refractivity contribution is 5.33. The van der Waals surface area contributed by atoms with Gasteiger partial charge in [0.1, 0.15) is 11.6 Å². The highest BCUT2D eigenvalue weighted by Gasteiger charge is 2.08. The second-order valence-corrected chi connectivity index (χ2v) is 4.98. The SMILES string of the molecule is CCN(CCCN(C)C)Cc1nc(C)cc(NN)n1. The fourth-order valence-corrected chi connectivity index (χ4v) is 1.93. The molecule has 6 nitrogen and oxygen atoms in total. The van der Waals surface area contributed by atoms with Crippen LogP contribution in [0.4, 0.5) is 5.82 Å². The van der Waals surface area contributed by atoms with Crippen molar-refractivity contribution in [1.82, 2.24) is 19.8 Å². The molecule has 0 saturated heterocycles.